The van der Waals surface area contributed by atoms with Crippen molar-refractivity contribution in [2.75, 3.05) is 10.0 Å². The third-order valence-corrected chi connectivity index (χ3v) is 5.64. The number of rotatable bonds is 5. The Labute approximate surface area is 139 Å². The Hall–Kier alpha value is -2.00. The monoisotopic (exact) mass is 354 g/mol. The average Bonchev–Trinajstić information content (AvgIpc) is 2.89. The second-order valence-corrected chi connectivity index (χ2v) is 8.19. The normalized spacial score (nSPS) is 11.5. The van der Waals surface area contributed by atoms with Gasteiger partial charge in [0.2, 0.25) is 11.0 Å². The average molecular weight is 354 g/mol. The lowest BCUT2D eigenvalue weighted by molar-refractivity contribution is -0.114. The van der Waals surface area contributed by atoms with Crippen molar-refractivity contribution in [2.24, 2.45) is 0 Å². The van der Waals surface area contributed by atoms with Crippen LogP contribution >= 0.6 is 11.3 Å². The first kappa shape index (κ1) is 17.4. The molecule has 0 saturated heterocycles. The van der Waals surface area contributed by atoms with Crippen LogP contribution in [0.3, 0.4) is 0 Å². The summed E-state index contributed by atoms with van der Waals surface area (Å²) in [5.74, 6) is -0.170. The quantitative estimate of drug-likeness (QED) is 0.804. The van der Waals surface area contributed by atoms with E-state index in [4.69, 9.17) is 0 Å². The van der Waals surface area contributed by atoms with Gasteiger partial charge in [-0.05, 0) is 24.0 Å². The van der Waals surface area contributed by atoms with Crippen LogP contribution < -0.4 is 10.0 Å². The van der Waals surface area contributed by atoms with Crippen LogP contribution in [0.25, 0.3) is 0 Å². The maximum atomic E-state index is 12.5. The van der Waals surface area contributed by atoms with Crippen LogP contribution in [-0.2, 0) is 14.8 Å². The van der Waals surface area contributed by atoms with Gasteiger partial charge in [-0.15, -0.1) is 10.2 Å². The van der Waals surface area contributed by atoms with E-state index in [1.165, 1.54) is 6.92 Å². The minimum atomic E-state index is -3.86. The van der Waals surface area contributed by atoms with Gasteiger partial charge in [0, 0.05) is 6.92 Å². The first-order valence-corrected chi connectivity index (χ1v) is 9.24. The van der Waals surface area contributed by atoms with Crippen LogP contribution in [0.5, 0.6) is 0 Å². The van der Waals surface area contributed by atoms with Crippen LogP contribution in [0, 0.1) is 6.92 Å². The summed E-state index contributed by atoms with van der Waals surface area (Å²) in [5, 5.41) is 9.87. The number of hydrogen-bond donors (Lipinski definition) is 2. The molecule has 1 aromatic heterocycles. The molecule has 0 aliphatic rings. The summed E-state index contributed by atoms with van der Waals surface area (Å²) in [7, 11) is -3.86. The van der Waals surface area contributed by atoms with E-state index in [-0.39, 0.29) is 21.3 Å². The number of sulfonamides is 1. The molecule has 1 amide bonds. The van der Waals surface area contributed by atoms with E-state index >= 15 is 0 Å². The van der Waals surface area contributed by atoms with Crippen molar-refractivity contribution in [3.8, 4) is 0 Å². The molecule has 0 fully saturated rings. The summed E-state index contributed by atoms with van der Waals surface area (Å²) in [6.07, 6.45) is 0. The SMILES string of the molecule is CC(=O)Nc1nnc(S(=O)(=O)Nc2c(C)cccc2C(C)C)s1. The molecule has 0 aliphatic heterocycles. The van der Waals surface area contributed by atoms with Crippen molar-refractivity contribution in [2.45, 2.75) is 38.0 Å². The Bertz CT molecular complexity index is 828. The zero-order chi connectivity index (χ0) is 17.2. The number of anilines is 2. The van der Waals surface area contributed by atoms with Gasteiger partial charge in [-0.1, -0.05) is 43.4 Å². The molecule has 124 valence electrons. The molecule has 0 aliphatic carbocycles. The second kappa shape index (κ2) is 6.63. The Morgan fingerprint density at radius 2 is 1.96 bits per heavy atom. The van der Waals surface area contributed by atoms with E-state index in [1.807, 2.05) is 39.0 Å². The molecule has 0 atom stereocenters. The third kappa shape index (κ3) is 4.05. The highest BCUT2D eigenvalue weighted by Gasteiger charge is 2.23. The highest BCUT2D eigenvalue weighted by atomic mass is 32.2. The summed E-state index contributed by atoms with van der Waals surface area (Å²) in [6, 6.07) is 5.62. The first-order chi connectivity index (χ1) is 10.7. The molecular weight excluding hydrogens is 336 g/mol. The molecule has 0 saturated carbocycles. The smallest absolute Gasteiger partial charge is 0.291 e. The van der Waals surface area contributed by atoms with Crippen LogP contribution in [0.15, 0.2) is 22.5 Å². The topological polar surface area (TPSA) is 101 Å². The minimum absolute atomic E-state index is 0.145. The molecule has 0 unspecified atom stereocenters. The summed E-state index contributed by atoms with van der Waals surface area (Å²) < 4.78 is 27.4. The Morgan fingerprint density at radius 1 is 1.26 bits per heavy atom. The maximum absolute atomic E-state index is 12.5. The van der Waals surface area contributed by atoms with Crippen molar-refractivity contribution >= 4 is 38.1 Å². The third-order valence-electron chi connectivity index (χ3n) is 3.08. The molecule has 1 heterocycles. The number of benzene rings is 1. The Balaban J connectivity index is 2.36. The van der Waals surface area contributed by atoms with Gasteiger partial charge in [-0.2, -0.15) is 8.42 Å². The standard InChI is InChI=1S/C14H18N4O3S2/c1-8(2)11-7-5-6-9(3)12(11)18-23(20,21)14-17-16-13(22-14)15-10(4)19/h5-8,18H,1-4H3,(H,15,16,19). The molecule has 9 heteroatoms. The van der Waals surface area contributed by atoms with Gasteiger partial charge in [0.05, 0.1) is 5.69 Å². The molecular formula is C14H18N4O3S2. The zero-order valence-electron chi connectivity index (χ0n) is 13.2. The van der Waals surface area contributed by atoms with Crippen molar-refractivity contribution < 1.29 is 13.2 Å². The van der Waals surface area contributed by atoms with Crippen molar-refractivity contribution in [1.29, 1.82) is 0 Å². The van der Waals surface area contributed by atoms with Crippen LogP contribution in [0.2, 0.25) is 0 Å². The first-order valence-electron chi connectivity index (χ1n) is 6.94. The van der Waals surface area contributed by atoms with Crippen LogP contribution in [-0.4, -0.2) is 24.5 Å². The molecule has 0 bridgehead atoms. The predicted molar refractivity (Wildman–Crippen MR) is 90.3 cm³/mol. The van der Waals surface area contributed by atoms with E-state index < -0.39 is 10.0 Å². The molecule has 0 spiro atoms. The number of amides is 1. The number of nitrogens with zero attached hydrogens (tertiary/aromatic N) is 2. The van der Waals surface area contributed by atoms with E-state index in [2.05, 4.69) is 20.2 Å². The van der Waals surface area contributed by atoms with Crippen LogP contribution in [0.1, 0.15) is 37.8 Å². The number of carbonyl (C=O) groups excluding carboxylic acids is 1. The van der Waals surface area contributed by atoms with E-state index in [1.54, 1.807) is 0 Å². The Kier molecular flexibility index (Phi) is 5.00. The van der Waals surface area contributed by atoms with Gasteiger partial charge < -0.3 is 5.32 Å². The lowest BCUT2D eigenvalue weighted by Gasteiger charge is -2.16. The fraction of sp³-hybridized carbons (Fsp3) is 0.357. The molecule has 0 radical (unpaired) electrons. The summed E-state index contributed by atoms with van der Waals surface area (Å²) in [6.45, 7) is 7.14. The highest BCUT2D eigenvalue weighted by molar-refractivity contribution is 7.94. The number of carbonyl (C=O) groups is 1. The predicted octanol–water partition coefficient (Wildman–Crippen LogP) is 2.73. The molecule has 23 heavy (non-hydrogen) atoms. The van der Waals surface area contributed by atoms with Gasteiger partial charge >= 0.3 is 0 Å². The molecule has 2 rings (SSSR count). The maximum Gasteiger partial charge on any atom is 0.291 e. The highest BCUT2D eigenvalue weighted by Crippen LogP contribution is 2.30. The number of aryl methyl sites for hydroxylation is 1. The second-order valence-electron chi connectivity index (χ2n) is 5.35. The fourth-order valence-electron chi connectivity index (χ4n) is 2.01. The molecule has 2 aromatic rings. The number of para-hydroxylation sites is 1. The molecule has 2 N–H and O–H groups in total. The number of nitrogens with one attached hydrogen (secondary N) is 2. The van der Waals surface area contributed by atoms with Gasteiger partial charge in [0.15, 0.2) is 0 Å². The van der Waals surface area contributed by atoms with E-state index in [0.29, 0.717) is 5.69 Å². The van der Waals surface area contributed by atoms with Crippen molar-refractivity contribution in [1.82, 2.24) is 10.2 Å². The van der Waals surface area contributed by atoms with Gasteiger partial charge in [0.1, 0.15) is 0 Å². The lowest BCUT2D eigenvalue weighted by atomic mass is 9.99. The van der Waals surface area contributed by atoms with Crippen molar-refractivity contribution in [3.63, 3.8) is 0 Å². The lowest BCUT2D eigenvalue weighted by Crippen LogP contribution is -2.15. The van der Waals surface area contributed by atoms with E-state index in [0.717, 1.165) is 22.5 Å². The summed E-state index contributed by atoms with van der Waals surface area (Å²) >= 11 is 0.803. The van der Waals surface area contributed by atoms with Gasteiger partial charge in [-0.3, -0.25) is 9.52 Å². The minimum Gasteiger partial charge on any atom is -0.301 e. The van der Waals surface area contributed by atoms with Crippen LogP contribution in [0.4, 0.5) is 10.8 Å². The largest absolute Gasteiger partial charge is 0.301 e. The number of aromatic nitrogens is 2. The van der Waals surface area contributed by atoms with Crippen molar-refractivity contribution in [3.05, 3.63) is 29.3 Å². The molecule has 7 nitrogen and oxygen atoms in total. The Morgan fingerprint density at radius 3 is 2.57 bits per heavy atom. The molecule has 1 aromatic carbocycles. The van der Waals surface area contributed by atoms with E-state index in [9.17, 15) is 13.2 Å². The summed E-state index contributed by atoms with van der Waals surface area (Å²) in [5.41, 5.74) is 2.28. The summed E-state index contributed by atoms with van der Waals surface area (Å²) in [4.78, 5) is 11.0. The van der Waals surface area contributed by atoms with Gasteiger partial charge in [0.25, 0.3) is 14.4 Å². The van der Waals surface area contributed by atoms with Gasteiger partial charge in [-0.25, -0.2) is 0 Å². The zero-order valence-corrected chi connectivity index (χ0v) is 14.9. The fourth-order valence-corrected chi connectivity index (χ4v) is 4.12. The number of hydrogen-bond acceptors (Lipinski definition) is 6.